The summed E-state index contributed by atoms with van der Waals surface area (Å²) in [6.07, 6.45) is 7.97. The van der Waals surface area contributed by atoms with Gasteiger partial charge in [0.15, 0.2) is 0 Å². The third kappa shape index (κ3) is 3.50. The van der Waals surface area contributed by atoms with Crippen LogP contribution in [0, 0.1) is 13.8 Å². The van der Waals surface area contributed by atoms with Crippen LogP contribution in [0.25, 0.3) is 38.5 Å². The summed E-state index contributed by atoms with van der Waals surface area (Å²) < 4.78 is 0. The minimum Gasteiger partial charge on any atom is -0.251 e. The number of hydrogen-bond donors (Lipinski definition) is 0. The van der Waals surface area contributed by atoms with Crippen LogP contribution in [0.2, 0.25) is 0 Å². The van der Waals surface area contributed by atoms with Gasteiger partial charge in [0.1, 0.15) is 0 Å². The molecule has 4 aromatic rings. The van der Waals surface area contributed by atoms with Crippen molar-refractivity contribution in [2.24, 2.45) is 0 Å². The van der Waals surface area contributed by atoms with Crippen molar-refractivity contribution in [1.29, 1.82) is 0 Å². The Kier molecular flexibility index (Phi) is 5.09. The lowest BCUT2D eigenvalue weighted by Crippen LogP contribution is -1.96. The second kappa shape index (κ2) is 7.84. The zero-order valence-corrected chi connectivity index (χ0v) is 17.1. The van der Waals surface area contributed by atoms with Gasteiger partial charge in [0.2, 0.25) is 0 Å². The van der Waals surface area contributed by atoms with Gasteiger partial charge in [-0.2, -0.15) is 0 Å². The SMILES string of the molecule is C=C/C=C\C(=C/C)c1cc(C)nc2c1ccc1c(-c3ccccc3)cc(C)nc12. The first-order valence-corrected chi connectivity index (χ1v) is 9.85. The van der Waals surface area contributed by atoms with Crippen LogP contribution in [-0.4, -0.2) is 9.97 Å². The maximum Gasteiger partial charge on any atom is 0.0974 e. The molecule has 0 saturated heterocycles. The van der Waals surface area contributed by atoms with Crippen LogP contribution in [0.1, 0.15) is 23.9 Å². The molecule has 2 aromatic carbocycles. The Bertz CT molecular complexity index is 1280. The fourth-order valence-corrected chi connectivity index (χ4v) is 3.84. The number of aromatic nitrogens is 2. The first-order chi connectivity index (χ1) is 14.1. The monoisotopic (exact) mass is 376 g/mol. The molecule has 0 atom stereocenters. The minimum atomic E-state index is 0.949. The van der Waals surface area contributed by atoms with Gasteiger partial charge in [0.05, 0.1) is 11.0 Å². The molecule has 2 heteroatoms. The quantitative estimate of drug-likeness (QED) is 0.278. The molecule has 0 bridgehead atoms. The lowest BCUT2D eigenvalue weighted by atomic mass is 9.95. The molecular formula is C27H24N2. The highest BCUT2D eigenvalue weighted by Gasteiger charge is 2.14. The molecule has 0 fully saturated rings. The molecule has 0 aliphatic heterocycles. The molecule has 4 rings (SSSR count). The van der Waals surface area contributed by atoms with E-state index in [1.165, 1.54) is 16.7 Å². The van der Waals surface area contributed by atoms with E-state index in [1.807, 2.05) is 26.0 Å². The van der Waals surface area contributed by atoms with Gasteiger partial charge in [0.25, 0.3) is 0 Å². The molecule has 0 N–H and O–H groups in total. The van der Waals surface area contributed by atoms with Gasteiger partial charge in [0, 0.05) is 22.2 Å². The van der Waals surface area contributed by atoms with Crippen molar-refractivity contribution in [3.63, 3.8) is 0 Å². The molecular weight excluding hydrogens is 352 g/mol. The summed E-state index contributed by atoms with van der Waals surface area (Å²) in [5, 5.41) is 2.24. The van der Waals surface area contributed by atoms with E-state index >= 15 is 0 Å². The number of benzene rings is 2. The molecule has 0 radical (unpaired) electrons. The van der Waals surface area contributed by atoms with E-state index in [0.717, 1.165) is 38.8 Å². The van der Waals surface area contributed by atoms with E-state index in [-0.39, 0.29) is 0 Å². The molecule has 0 unspecified atom stereocenters. The van der Waals surface area contributed by atoms with E-state index in [1.54, 1.807) is 6.08 Å². The molecule has 2 aromatic heterocycles. The predicted octanol–water partition coefficient (Wildman–Crippen LogP) is 7.21. The fourth-order valence-electron chi connectivity index (χ4n) is 3.84. The number of pyridine rings is 2. The molecule has 29 heavy (non-hydrogen) atoms. The molecule has 0 saturated carbocycles. The summed E-state index contributed by atoms with van der Waals surface area (Å²) in [7, 11) is 0. The molecule has 0 amide bonds. The van der Waals surface area contributed by atoms with E-state index < -0.39 is 0 Å². The van der Waals surface area contributed by atoms with Gasteiger partial charge in [-0.1, -0.05) is 73.3 Å². The molecule has 142 valence electrons. The first-order valence-electron chi connectivity index (χ1n) is 9.85. The Morgan fingerprint density at radius 1 is 0.862 bits per heavy atom. The van der Waals surface area contributed by atoms with Crippen molar-refractivity contribution >= 4 is 27.4 Å². The van der Waals surface area contributed by atoms with Crippen LogP contribution in [0.4, 0.5) is 0 Å². The topological polar surface area (TPSA) is 25.8 Å². The van der Waals surface area contributed by atoms with Crippen molar-refractivity contribution in [3.8, 4) is 11.1 Å². The van der Waals surface area contributed by atoms with Gasteiger partial charge < -0.3 is 0 Å². The lowest BCUT2D eigenvalue weighted by molar-refractivity contribution is 1.23. The molecule has 2 nitrogen and oxygen atoms in total. The minimum absolute atomic E-state index is 0.949. The van der Waals surface area contributed by atoms with Crippen LogP contribution >= 0.6 is 0 Å². The van der Waals surface area contributed by atoms with Crippen molar-refractivity contribution in [2.45, 2.75) is 20.8 Å². The lowest BCUT2D eigenvalue weighted by Gasteiger charge is -2.13. The van der Waals surface area contributed by atoms with E-state index in [9.17, 15) is 0 Å². The summed E-state index contributed by atoms with van der Waals surface area (Å²) in [4.78, 5) is 9.81. The Morgan fingerprint density at radius 2 is 1.52 bits per heavy atom. The Morgan fingerprint density at radius 3 is 2.21 bits per heavy atom. The van der Waals surface area contributed by atoms with E-state index in [0.29, 0.717) is 0 Å². The number of allylic oxidation sites excluding steroid dienone is 5. The molecule has 0 aliphatic carbocycles. The largest absolute Gasteiger partial charge is 0.251 e. The van der Waals surface area contributed by atoms with Gasteiger partial charge in [-0.05, 0) is 55.2 Å². The predicted molar refractivity (Wildman–Crippen MR) is 125 cm³/mol. The second-order valence-corrected chi connectivity index (χ2v) is 7.19. The number of fused-ring (bicyclic) bond motifs is 3. The number of hydrogen-bond acceptors (Lipinski definition) is 2. The molecule has 0 aliphatic rings. The van der Waals surface area contributed by atoms with Crippen LogP contribution in [0.15, 0.2) is 85.5 Å². The number of rotatable bonds is 4. The standard InChI is InChI=1S/C27H24N2/c1-5-7-11-20(6-2)24-16-18(3)28-26-22(24)14-15-23-25(17-19(4)29-27(23)26)21-12-9-8-10-13-21/h5-17H,1H2,2-4H3/b11-7-,20-6+. The zero-order chi connectivity index (χ0) is 20.4. The van der Waals surface area contributed by atoms with E-state index in [2.05, 4.69) is 74.2 Å². The van der Waals surface area contributed by atoms with Crippen LogP contribution in [-0.2, 0) is 0 Å². The smallest absolute Gasteiger partial charge is 0.0974 e. The summed E-state index contributed by atoms with van der Waals surface area (Å²) in [6.45, 7) is 9.94. The van der Waals surface area contributed by atoms with Crippen molar-refractivity contribution < 1.29 is 0 Å². The number of aryl methyl sites for hydroxylation is 2. The fraction of sp³-hybridized carbons (Fsp3) is 0.111. The zero-order valence-electron chi connectivity index (χ0n) is 17.1. The van der Waals surface area contributed by atoms with Gasteiger partial charge >= 0.3 is 0 Å². The van der Waals surface area contributed by atoms with Gasteiger partial charge in [-0.3, -0.25) is 9.97 Å². The van der Waals surface area contributed by atoms with E-state index in [4.69, 9.17) is 9.97 Å². The first kappa shape index (κ1) is 18.8. The van der Waals surface area contributed by atoms with Crippen molar-refractivity contribution in [3.05, 3.63) is 102 Å². The average molecular weight is 377 g/mol. The Labute approximate surface area is 172 Å². The van der Waals surface area contributed by atoms with Crippen molar-refractivity contribution in [2.75, 3.05) is 0 Å². The highest BCUT2D eigenvalue weighted by Crippen LogP contribution is 2.35. The maximum absolute atomic E-state index is 4.90. The second-order valence-electron chi connectivity index (χ2n) is 7.19. The normalized spacial score (nSPS) is 12.2. The highest BCUT2D eigenvalue weighted by atomic mass is 14.8. The third-order valence-corrected chi connectivity index (χ3v) is 5.13. The number of nitrogens with zero attached hydrogens (tertiary/aromatic N) is 2. The van der Waals surface area contributed by atoms with Crippen LogP contribution < -0.4 is 0 Å². The van der Waals surface area contributed by atoms with Crippen LogP contribution in [0.5, 0.6) is 0 Å². The van der Waals surface area contributed by atoms with Gasteiger partial charge in [-0.25, -0.2) is 0 Å². The summed E-state index contributed by atoms with van der Waals surface area (Å²) >= 11 is 0. The maximum atomic E-state index is 4.90. The molecule has 2 heterocycles. The van der Waals surface area contributed by atoms with Crippen molar-refractivity contribution in [1.82, 2.24) is 9.97 Å². The average Bonchev–Trinajstić information content (AvgIpc) is 2.74. The van der Waals surface area contributed by atoms with Crippen LogP contribution in [0.3, 0.4) is 0 Å². The Balaban J connectivity index is 2.08. The molecule has 0 spiro atoms. The van der Waals surface area contributed by atoms with Gasteiger partial charge in [-0.15, -0.1) is 0 Å². The highest BCUT2D eigenvalue weighted by molar-refractivity contribution is 6.11. The summed E-state index contributed by atoms with van der Waals surface area (Å²) in [5.74, 6) is 0. The third-order valence-electron chi connectivity index (χ3n) is 5.13. The summed E-state index contributed by atoms with van der Waals surface area (Å²) in [6, 6.07) is 19.1. The summed E-state index contributed by atoms with van der Waals surface area (Å²) in [5.41, 5.74) is 8.58. The Hall–Kier alpha value is -3.52.